The van der Waals surface area contributed by atoms with Crippen LogP contribution in [0.5, 0.6) is 0 Å². The molecule has 0 atom stereocenters. The Kier molecular flexibility index (Phi) is 2.95. The second-order valence-corrected chi connectivity index (χ2v) is 5.11. The van der Waals surface area contributed by atoms with Gasteiger partial charge in [-0.25, -0.2) is 9.67 Å². The maximum absolute atomic E-state index is 12.8. The summed E-state index contributed by atoms with van der Waals surface area (Å²) >= 11 is 8.34. The van der Waals surface area contributed by atoms with Crippen molar-refractivity contribution in [3.63, 3.8) is 0 Å². The van der Waals surface area contributed by atoms with Gasteiger partial charge in [0.25, 0.3) is 0 Å². The van der Waals surface area contributed by atoms with Gasteiger partial charge in [-0.15, -0.1) is 0 Å². The Hall–Kier alpha value is -1.21. The lowest BCUT2D eigenvalue weighted by molar-refractivity contribution is 0.582. The number of hydrogen-bond acceptors (Lipinski definition) is 2. The van der Waals surface area contributed by atoms with Crippen LogP contribution in [-0.2, 0) is 0 Å². The number of para-hydroxylation sites is 1. The minimum atomic E-state index is -0.518. The first-order valence-corrected chi connectivity index (χ1v) is 6.57. The van der Waals surface area contributed by atoms with Crippen LogP contribution in [0, 0.1) is 9.65 Å². The van der Waals surface area contributed by atoms with E-state index in [1.807, 2.05) is 12.1 Å². The van der Waals surface area contributed by atoms with E-state index in [0.29, 0.717) is 10.7 Å². The number of benzene rings is 1. The van der Waals surface area contributed by atoms with E-state index in [1.165, 1.54) is 12.3 Å². The van der Waals surface area contributed by atoms with E-state index in [2.05, 4.69) is 32.7 Å². The van der Waals surface area contributed by atoms with Gasteiger partial charge in [-0.1, -0.05) is 17.7 Å². The average Bonchev–Trinajstić information content (AvgIpc) is 2.70. The highest BCUT2D eigenvalue weighted by molar-refractivity contribution is 14.1. The van der Waals surface area contributed by atoms with Crippen molar-refractivity contribution >= 4 is 45.1 Å². The Morgan fingerprint density at radius 3 is 2.78 bits per heavy atom. The van der Waals surface area contributed by atoms with Crippen LogP contribution in [0.3, 0.4) is 0 Å². The third-order valence-electron chi connectivity index (χ3n) is 2.56. The van der Waals surface area contributed by atoms with Crippen molar-refractivity contribution < 1.29 is 4.39 Å². The molecule has 0 unspecified atom stereocenters. The summed E-state index contributed by atoms with van der Waals surface area (Å²) in [5.41, 5.74) is 1.48. The molecule has 0 spiro atoms. The van der Waals surface area contributed by atoms with Gasteiger partial charge in [-0.05, 0) is 46.9 Å². The Bertz CT molecular complexity index is 724. The predicted octanol–water partition coefficient (Wildman–Crippen LogP) is 3.82. The fourth-order valence-electron chi connectivity index (χ4n) is 1.77. The fourth-order valence-corrected chi connectivity index (χ4v) is 2.67. The summed E-state index contributed by atoms with van der Waals surface area (Å²) < 4.78 is 15.3. The van der Waals surface area contributed by atoms with Gasteiger partial charge in [0.2, 0.25) is 5.95 Å². The summed E-state index contributed by atoms with van der Waals surface area (Å²) in [7, 11) is 0. The number of fused-ring (bicyclic) bond motifs is 1. The van der Waals surface area contributed by atoms with Crippen LogP contribution in [0.1, 0.15) is 0 Å². The Balaban J connectivity index is 2.32. The molecule has 0 saturated carbocycles. The zero-order valence-electron chi connectivity index (χ0n) is 8.94. The molecule has 3 nitrogen and oxygen atoms in total. The molecule has 18 heavy (non-hydrogen) atoms. The molecule has 0 amide bonds. The topological polar surface area (TPSA) is 30.7 Å². The molecule has 0 bridgehead atoms. The SMILES string of the molecule is Fc1ccc(-n2nc(I)c3cccc(Cl)c32)cn1. The van der Waals surface area contributed by atoms with Crippen molar-refractivity contribution in [1.29, 1.82) is 0 Å². The molecule has 1 aromatic carbocycles. The quantitative estimate of drug-likeness (QED) is 0.480. The van der Waals surface area contributed by atoms with Gasteiger partial charge in [0.05, 0.1) is 22.4 Å². The van der Waals surface area contributed by atoms with Gasteiger partial charge in [0, 0.05) is 5.39 Å². The molecule has 6 heteroatoms. The third-order valence-corrected chi connectivity index (χ3v) is 3.67. The maximum atomic E-state index is 12.8. The first kappa shape index (κ1) is 11.9. The van der Waals surface area contributed by atoms with Crippen molar-refractivity contribution in [3.8, 4) is 5.69 Å². The summed E-state index contributed by atoms with van der Waals surface area (Å²) in [6.07, 6.45) is 1.43. The first-order valence-electron chi connectivity index (χ1n) is 5.11. The van der Waals surface area contributed by atoms with E-state index >= 15 is 0 Å². The maximum Gasteiger partial charge on any atom is 0.212 e. The highest BCUT2D eigenvalue weighted by Crippen LogP contribution is 2.28. The van der Waals surface area contributed by atoms with Crippen LogP contribution in [0.4, 0.5) is 4.39 Å². The van der Waals surface area contributed by atoms with Crippen molar-refractivity contribution in [2.45, 2.75) is 0 Å². The number of nitrogens with zero attached hydrogens (tertiary/aromatic N) is 3. The van der Waals surface area contributed by atoms with E-state index in [9.17, 15) is 4.39 Å². The number of aromatic nitrogens is 3. The Morgan fingerprint density at radius 2 is 2.06 bits per heavy atom. The minimum absolute atomic E-state index is 0.518. The molecule has 0 fully saturated rings. The molecule has 2 heterocycles. The zero-order chi connectivity index (χ0) is 12.7. The summed E-state index contributed by atoms with van der Waals surface area (Å²) in [5.74, 6) is -0.518. The molecule has 0 radical (unpaired) electrons. The van der Waals surface area contributed by atoms with Gasteiger partial charge < -0.3 is 0 Å². The largest absolute Gasteiger partial charge is 0.229 e. The smallest absolute Gasteiger partial charge is 0.212 e. The third kappa shape index (κ3) is 1.87. The van der Waals surface area contributed by atoms with E-state index in [-0.39, 0.29) is 0 Å². The van der Waals surface area contributed by atoms with Crippen LogP contribution in [0.25, 0.3) is 16.6 Å². The van der Waals surface area contributed by atoms with E-state index in [4.69, 9.17) is 11.6 Å². The summed E-state index contributed by atoms with van der Waals surface area (Å²) in [5, 5.41) is 5.98. The molecule has 3 rings (SSSR count). The number of hydrogen-bond donors (Lipinski definition) is 0. The van der Waals surface area contributed by atoms with Crippen LogP contribution in [0.2, 0.25) is 5.02 Å². The van der Waals surface area contributed by atoms with E-state index < -0.39 is 5.95 Å². The molecule has 0 aliphatic carbocycles. The molecular formula is C12H6ClFIN3. The molecule has 3 aromatic rings. The normalized spacial score (nSPS) is 11.1. The van der Waals surface area contributed by atoms with Gasteiger partial charge >= 0.3 is 0 Å². The molecule has 0 N–H and O–H groups in total. The summed E-state index contributed by atoms with van der Waals surface area (Å²) in [6, 6.07) is 8.54. The first-order chi connectivity index (χ1) is 8.66. The lowest BCUT2D eigenvalue weighted by atomic mass is 10.2. The lowest BCUT2D eigenvalue weighted by Crippen LogP contribution is -1.98. The standard InChI is InChI=1S/C12H6ClFIN3/c13-9-3-1-2-8-11(9)18(17-12(8)15)7-4-5-10(14)16-6-7/h1-6H. The Labute approximate surface area is 121 Å². The molecule has 0 aliphatic heterocycles. The Morgan fingerprint density at radius 1 is 1.22 bits per heavy atom. The van der Waals surface area contributed by atoms with Crippen molar-refractivity contribution in [2.24, 2.45) is 0 Å². The van der Waals surface area contributed by atoms with Gasteiger partial charge in [0.1, 0.15) is 3.70 Å². The second-order valence-electron chi connectivity index (χ2n) is 3.68. The molecule has 90 valence electrons. The highest BCUT2D eigenvalue weighted by Gasteiger charge is 2.12. The van der Waals surface area contributed by atoms with Crippen molar-refractivity contribution in [2.75, 3.05) is 0 Å². The van der Waals surface area contributed by atoms with Crippen molar-refractivity contribution in [3.05, 3.63) is 51.2 Å². The second kappa shape index (κ2) is 4.47. The van der Waals surface area contributed by atoms with Crippen LogP contribution < -0.4 is 0 Å². The molecule has 2 aromatic heterocycles. The summed E-state index contributed by atoms with van der Waals surface area (Å²) in [6.45, 7) is 0. The monoisotopic (exact) mass is 373 g/mol. The van der Waals surface area contributed by atoms with Crippen LogP contribution >= 0.6 is 34.2 Å². The van der Waals surface area contributed by atoms with Gasteiger partial charge in [-0.3, -0.25) is 0 Å². The van der Waals surface area contributed by atoms with Gasteiger partial charge in [-0.2, -0.15) is 9.49 Å². The van der Waals surface area contributed by atoms with Gasteiger partial charge in [0.15, 0.2) is 0 Å². The molecule has 0 aliphatic rings. The van der Waals surface area contributed by atoms with E-state index in [0.717, 1.165) is 14.6 Å². The minimum Gasteiger partial charge on any atom is -0.229 e. The zero-order valence-corrected chi connectivity index (χ0v) is 11.9. The van der Waals surface area contributed by atoms with Crippen molar-refractivity contribution in [1.82, 2.24) is 14.8 Å². The number of rotatable bonds is 1. The molecular weight excluding hydrogens is 368 g/mol. The highest BCUT2D eigenvalue weighted by atomic mass is 127. The van der Waals surface area contributed by atoms with E-state index in [1.54, 1.807) is 16.8 Å². The fraction of sp³-hybridized carbons (Fsp3) is 0. The number of pyridine rings is 1. The summed E-state index contributed by atoms with van der Waals surface area (Å²) in [4.78, 5) is 3.63. The number of halogens is 3. The predicted molar refractivity (Wildman–Crippen MR) is 76.6 cm³/mol. The lowest BCUT2D eigenvalue weighted by Gasteiger charge is -2.03. The molecule has 0 saturated heterocycles. The van der Waals surface area contributed by atoms with Crippen LogP contribution in [-0.4, -0.2) is 14.8 Å². The van der Waals surface area contributed by atoms with Crippen LogP contribution in [0.15, 0.2) is 36.5 Å². The average molecular weight is 374 g/mol.